The number of nitrogens with zero attached hydrogens (tertiary/aromatic N) is 1. The van der Waals surface area contributed by atoms with Crippen molar-refractivity contribution >= 4 is 27.7 Å². The predicted molar refractivity (Wildman–Crippen MR) is 75.9 cm³/mol. The highest BCUT2D eigenvalue weighted by Crippen LogP contribution is 2.27. The topological polar surface area (TPSA) is 20.3 Å². The van der Waals surface area contributed by atoms with Crippen molar-refractivity contribution in [2.45, 2.75) is 19.4 Å². The fourth-order valence-electron chi connectivity index (χ4n) is 2.74. The van der Waals surface area contributed by atoms with Crippen LogP contribution in [0.2, 0.25) is 0 Å². The van der Waals surface area contributed by atoms with E-state index in [0.717, 1.165) is 38.8 Å². The van der Waals surface area contributed by atoms with Crippen molar-refractivity contribution in [1.29, 1.82) is 0 Å². The quantitative estimate of drug-likeness (QED) is 0.788. The third kappa shape index (κ3) is 2.33. The largest absolute Gasteiger partial charge is 0.303 e. The Morgan fingerprint density at radius 2 is 2.28 bits per heavy atom. The second-order valence-corrected chi connectivity index (χ2v) is 5.94. The third-order valence-corrected chi connectivity index (χ3v) is 4.70. The molecular weight excluding hydrogens is 242 g/mol. The molecule has 0 aliphatic carbocycles. The van der Waals surface area contributed by atoms with Crippen LogP contribution in [0.15, 0.2) is 29.6 Å². The van der Waals surface area contributed by atoms with Crippen LogP contribution in [0, 0.1) is 5.92 Å². The molecule has 0 N–H and O–H groups in total. The first-order valence-electron chi connectivity index (χ1n) is 6.49. The Morgan fingerprint density at radius 3 is 3.17 bits per heavy atom. The molecule has 0 amide bonds. The normalized spacial score (nSPS) is 21.2. The molecule has 2 heterocycles. The maximum Gasteiger partial charge on any atom is 0.124 e. The number of hydrogen-bond donors (Lipinski definition) is 0. The van der Waals surface area contributed by atoms with E-state index in [2.05, 4.69) is 34.5 Å². The van der Waals surface area contributed by atoms with E-state index in [1.807, 2.05) is 11.3 Å². The molecule has 2 aromatic rings. The molecule has 1 fully saturated rings. The lowest BCUT2D eigenvalue weighted by atomic mass is 9.99. The second kappa shape index (κ2) is 5.21. The minimum atomic E-state index is 0.239. The van der Waals surface area contributed by atoms with Crippen LogP contribution in [0.4, 0.5) is 0 Å². The second-order valence-electron chi connectivity index (χ2n) is 5.03. The third-order valence-electron chi connectivity index (χ3n) is 3.69. The molecular formula is C15H17NOS. The fraction of sp³-hybridized carbons (Fsp3) is 0.400. The van der Waals surface area contributed by atoms with Crippen LogP contribution in [-0.2, 0) is 11.3 Å². The summed E-state index contributed by atoms with van der Waals surface area (Å²) in [4.78, 5) is 13.3. The molecule has 18 heavy (non-hydrogen) atoms. The molecule has 1 atom stereocenters. The zero-order valence-electron chi connectivity index (χ0n) is 10.3. The monoisotopic (exact) mass is 259 g/mol. The first-order valence-corrected chi connectivity index (χ1v) is 7.37. The van der Waals surface area contributed by atoms with Gasteiger partial charge in [0.2, 0.25) is 0 Å². The molecule has 1 aliphatic heterocycles. The Bertz CT molecular complexity index is 548. The van der Waals surface area contributed by atoms with E-state index in [9.17, 15) is 4.79 Å². The molecule has 2 nitrogen and oxygen atoms in total. The van der Waals surface area contributed by atoms with Crippen molar-refractivity contribution in [3.63, 3.8) is 0 Å². The van der Waals surface area contributed by atoms with Crippen molar-refractivity contribution in [3.05, 3.63) is 35.2 Å². The summed E-state index contributed by atoms with van der Waals surface area (Å²) in [6.45, 7) is 3.02. The molecule has 94 valence electrons. The van der Waals surface area contributed by atoms with Crippen molar-refractivity contribution in [2.24, 2.45) is 5.92 Å². The van der Waals surface area contributed by atoms with Gasteiger partial charge in [0.05, 0.1) is 0 Å². The Balaban J connectivity index is 1.77. The van der Waals surface area contributed by atoms with Crippen LogP contribution < -0.4 is 0 Å². The molecule has 1 unspecified atom stereocenters. The maximum absolute atomic E-state index is 10.9. The smallest absolute Gasteiger partial charge is 0.124 e. The van der Waals surface area contributed by atoms with Crippen molar-refractivity contribution < 1.29 is 4.79 Å². The summed E-state index contributed by atoms with van der Waals surface area (Å²) in [6, 6.07) is 8.56. The van der Waals surface area contributed by atoms with E-state index in [0.29, 0.717) is 0 Å². The maximum atomic E-state index is 10.9. The van der Waals surface area contributed by atoms with E-state index in [1.165, 1.54) is 15.6 Å². The summed E-state index contributed by atoms with van der Waals surface area (Å²) in [5.74, 6) is 0.239. The van der Waals surface area contributed by atoms with Crippen molar-refractivity contribution in [1.82, 2.24) is 4.90 Å². The van der Waals surface area contributed by atoms with E-state index >= 15 is 0 Å². The molecule has 1 aliphatic rings. The lowest BCUT2D eigenvalue weighted by Crippen LogP contribution is -2.35. The van der Waals surface area contributed by atoms with Gasteiger partial charge < -0.3 is 4.79 Å². The molecule has 0 bridgehead atoms. The number of benzene rings is 1. The number of carbonyl (C=O) groups excluding carboxylic acids is 1. The van der Waals surface area contributed by atoms with Crippen LogP contribution in [0.5, 0.6) is 0 Å². The predicted octanol–water partition coefficient (Wildman–Crippen LogP) is 3.31. The molecule has 1 aromatic carbocycles. The van der Waals surface area contributed by atoms with Gasteiger partial charge in [0.25, 0.3) is 0 Å². The van der Waals surface area contributed by atoms with Crippen LogP contribution in [0.3, 0.4) is 0 Å². The van der Waals surface area contributed by atoms with Gasteiger partial charge in [-0.1, -0.05) is 18.2 Å². The van der Waals surface area contributed by atoms with E-state index < -0.39 is 0 Å². The van der Waals surface area contributed by atoms with Crippen molar-refractivity contribution in [2.75, 3.05) is 13.1 Å². The highest BCUT2D eigenvalue weighted by Gasteiger charge is 2.19. The van der Waals surface area contributed by atoms with Crippen LogP contribution >= 0.6 is 11.3 Å². The molecule has 1 saturated heterocycles. The number of likely N-dealkylation sites (tertiary alicyclic amines) is 1. The Morgan fingerprint density at radius 1 is 1.39 bits per heavy atom. The SMILES string of the molecule is O=CC1CCCN(Cc2csc3ccccc23)C1. The average Bonchev–Trinajstić information content (AvgIpc) is 2.83. The summed E-state index contributed by atoms with van der Waals surface area (Å²) in [5.41, 5.74) is 1.40. The first-order chi connectivity index (χ1) is 8.86. The molecule has 1 aromatic heterocycles. The number of rotatable bonds is 3. The highest BCUT2D eigenvalue weighted by atomic mass is 32.1. The minimum absolute atomic E-state index is 0.239. The van der Waals surface area contributed by atoms with E-state index in [4.69, 9.17) is 0 Å². The van der Waals surface area contributed by atoms with Gasteiger partial charge in [-0.3, -0.25) is 4.90 Å². The summed E-state index contributed by atoms with van der Waals surface area (Å²) >= 11 is 1.81. The van der Waals surface area contributed by atoms with Gasteiger partial charge >= 0.3 is 0 Å². The lowest BCUT2D eigenvalue weighted by molar-refractivity contribution is -0.112. The molecule has 0 radical (unpaired) electrons. The zero-order valence-corrected chi connectivity index (χ0v) is 11.2. The van der Waals surface area contributed by atoms with E-state index in [1.54, 1.807) is 0 Å². The van der Waals surface area contributed by atoms with Gasteiger partial charge in [-0.25, -0.2) is 0 Å². The fourth-order valence-corrected chi connectivity index (χ4v) is 3.70. The van der Waals surface area contributed by atoms with Gasteiger partial charge in [-0.15, -0.1) is 11.3 Å². The number of fused-ring (bicyclic) bond motifs is 1. The summed E-state index contributed by atoms with van der Waals surface area (Å²) < 4.78 is 1.36. The number of thiophene rings is 1. The van der Waals surface area contributed by atoms with Gasteiger partial charge in [0.1, 0.15) is 6.29 Å². The number of carbonyl (C=O) groups is 1. The Labute approximate surface area is 111 Å². The highest BCUT2D eigenvalue weighted by molar-refractivity contribution is 7.17. The minimum Gasteiger partial charge on any atom is -0.303 e. The first kappa shape index (κ1) is 11.9. The standard InChI is InChI=1S/C15H17NOS/c17-10-12-4-3-7-16(8-12)9-13-11-18-15-6-2-1-5-14(13)15/h1-2,5-6,10-12H,3-4,7-9H2. The molecule has 3 heteroatoms. The van der Waals surface area contributed by atoms with Crippen LogP contribution in [-0.4, -0.2) is 24.3 Å². The van der Waals surface area contributed by atoms with Gasteiger partial charge in [-0.2, -0.15) is 0 Å². The number of aldehydes is 1. The average molecular weight is 259 g/mol. The van der Waals surface area contributed by atoms with Gasteiger partial charge in [0.15, 0.2) is 0 Å². The molecule has 0 saturated carbocycles. The number of hydrogen-bond acceptors (Lipinski definition) is 3. The summed E-state index contributed by atoms with van der Waals surface area (Å²) in [7, 11) is 0. The van der Waals surface area contributed by atoms with Gasteiger partial charge in [-0.05, 0) is 41.8 Å². The Kier molecular flexibility index (Phi) is 3.43. The van der Waals surface area contributed by atoms with Gasteiger partial charge in [0, 0.05) is 23.7 Å². The summed E-state index contributed by atoms with van der Waals surface area (Å²) in [6.07, 6.45) is 3.33. The Hall–Kier alpha value is -1.19. The number of piperidine rings is 1. The van der Waals surface area contributed by atoms with Crippen LogP contribution in [0.1, 0.15) is 18.4 Å². The zero-order chi connectivity index (χ0) is 12.4. The lowest BCUT2D eigenvalue weighted by Gasteiger charge is -2.29. The molecule has 3 rings (SSSR count). The van der Waals surface area contributed by atoms with Crippen molar-refractivity contribution in [3.8, 4) is 0 Å². The molecule has 0 spiro atoms. The summed E-state index contributed by atoms with van der Waals surface area (Å²) in [5, 5.41) is 3.63. The van der Waals surface area contributed by atoms with Crippen LogP contribution in [0.25, 0.3) is 10.1 Å². The van der Waals surface area contributed by atoms with E-state index in [-0.39, 0.29) is 5.92 Å².